The van der Waals surface area contributed by atoms with Crippen LogP contribution < -0.4 is 0 Å². The Balaban J connectivity index is 2.16. The first kappa shape index (κ1) is 7.97. The molecule has 72 valence electrons. The SMILES string of the molecule is Fc1cnc2c(ccn2C2CCC2)c1. The highest BCUT2D eigenvalue weighted by Gasteiger charge is 2.20. The number of pyridine rings is 1. The molecule has 2 aromatic heterocycles. The van der Waals surface area contributed by atoms with Crippen LogP contribution >= 0.6 is 0 Å². The van der Waals surface area contributed by atoms with Gasteiger partial charge < -0.3 is 4.57 Å². The molecular formula is C11H11FN2. The molecule has 3 heteroatoms. The van der Waals surface area contributed by atoms with E-state index in [9.17, 15) is 4.39 Å². The third-order valence-corrected chi connectivity index (χ3v) is 2.99. The van der Waals surface area contributed by atoms with Crippen molar-refractivity contribution in [3.8, 4) is 0 Å². The molecule has 0 bridgehead atoms. The number of rotatable bonds is 1. The average Bonchev–Trinajstić information content (AvgIpc) is 2.45. The van der Waals surface area contributed by atoms with E-state index in [1.165, 1.54) is 31.5 Å². The Morgan fingerprint density at radius 2 is 2.29 bits per heavy atom. The van der Waals surface area contributed by atoms with Crippen LogP contribution in [0.25, 0.3) is 11.0 Å². The van der Waals surface area contributed by atoms with E-state index >= 15 is 0 Å². The van der Waals surface area contributed by atoms with Crippen LogP contribution in [0.3, 0.4) is 0 Å². The summed E-state index contributed by atoms with van der Waals surface area (Å²) in [5, 5.41) is 0.900. The molecule has 2 heterocycles. The summed E-state index contributed by atoms with van der Waals surface area (Å²) in [5.41, 5.74) is 0.913. The number of nitrogens with zero attached hydrogens (tertiary/aromatic N) is 2. The standard InChI is InChI=1S/C11H11FN2/c12-9-6-8-4-5-14(10-2-1-3-10)11(8)13-7-9/h4-7,10H,1-3H2. The average molecular weight is 190 g/mol. The summed E-state index contributed by atoms with van der Waals surface area (Å²) < 4.78 is 15.0. The third-order valence-electron chi connectivity index (χ3n) is 2.99. The van der Waals surface area contributed by atoms with Gasteiger partial charge in [-0.15, -0.1) is 0 Å². The lowest BCUT2D eigenvalue weighted by molar-refractivity contribution is 0.320. The zero-order valence-electron chi connectivity index (χ0n) is 7.78. The minimum absolute atomic E-state index is 0.260. The van der Waals surface area contributed by atoms with E-state index in [0.717, 1.165) is 11.0 Å². The van der Waals surface area contributed by atoms with Gasteiger partial charge in [0.15, 0.2) is 0 Å². The number of aromatic nitrogens is 2. The number of halogens is 1. The molecule has 2 aromatic rings. The molecule has 0 N–H and O–H groups in total. The molecule has 0 saturated heterocycles. The summed E-state index contributed by atoms with van der Waals surface area (Å²) in [7, 11) is 0. The number of hydrogen-bond donors (Lipinski definition) is 0. The van der Waals surface area contributed by atoms with Crippen molar-refractivity contribution in [3.05, 3.63) is 30.3 Å². The highest BCUT2D eigenvalue weighted by atomic mass is 19.1. The van der Waals surface area contributed by atoms with E-state index in [2.05, 4.69) is 9.55 Å². The van der Waals surface area contributed by atoms with Crippen molar-refractivity contribution in [1.82, 2.24) is 9.55 Å². The van der Waals surface area contributed by atoms with Gasteiger partial charge in [-0.05, 0) is 31.4 Å². The van der Waals surface area contributed by atoms with Crippen molar-refractivity contribution >= 4 is 11.0 Å². The van der Waals surface area contributed by atoms with Gasteiger partial charge in [-0.2, -0.15) is 0 Å². The highest BCUT2D eigenvalue weighted by molar-refractivity contribution is 5.76. The lowest BCUT2D eigenvalue weighted by Gasteiger charge is -2.27. The van der Waals surface area contributed by atoms with Crippen molar-refractivity contribution in [3.63, 3.8) is 0 Å². The van der Waals surface area contributed by atoms with Gasteiger partial charge in [-0.3, -0.25) is 0 Å². The quantitative estimate of drug-likeness (QED) is 0.676. The van der Waals surface area contributed by atoms with Crippen molar-refractivity contribution < 1.29 is 4.39 Å². The molecule has 14 heavy (non-hydrogen) atoms. The van der Waals surface area contributed by atoms with E-state index in [4.69, 9.17) is 0 Å². The van der Waals surface area contributed by atoms with E-state index in [0.29, 0.717) is 6.04 Å². The molecule has 0 amide bonds. The predicted octanol–water partition coefficient (Wildman–Crippen LogP) is 2.90. The molecule has 0 atom stereocenters. The fourth-order valence-corrected chi connectivity index (χ4v) is 1.98. The molecule has 1 saturated carbocycles. The van der Waals surface area contributed by atoms with Crippen LogP contribution in [0.15, 0.2) is 24.5 Å². The molecule has 0 unspecified atom stereocenters. The van der Waals surface area contributed by atoms with Gasteiger partial charge in [0.1, 0.15) is 11.5 Å². The number of fused-ring (bicyclic) bond motifs is 1. The second-order valence-corrected chi connectivity index (χ2v) is 3.87. The van der Waals surface area contributed by atoms with Crippen LogP contribution in [0, 0.1) is 5.82 Å². The van der Waals surface area contributed by atoms with Gasteiger partial charge >= 0.3 is 0 Å². The van der Waals surface area contributed by atoms with Crippen LogP contribution in [0.5, 0.6) is 0 Å². The Morgan fingerprint density at radius 1 is 1.43 bits per heavy atom. The molecule has 0 radical (unpaired) electrons. The van der Waals surface area contributed by atoms with Crippen LogP contribution in [-0.2, 0) is 0 Å². The van der Waals surface area contributed by atoms with Crippen molar-refractivity contribution in [2.45, 2.75) is 25.3 Å². The molecule has 0 aromatic carbocycles. The zero-order valence-corrected chi connectivity index (χ0v) is 7.78. The van der Waals surface area contributed by atoms with Gasteiger partial charge in [0, 0.05) is 17.6 Å². The van der Waals surface area contributed by atoms with Gasteiger partial charge in [-0.1, -0.05) is 0 Å². The van der Waals surface area contributed by atoms with E-state index < -0.39 is 0 Å². The van der Waals surface area contributed by atoms with Crippen LogP contribution in [0.4, 0.5) is 4.39 Å². The summed E-state index contributed by atoms with van der Waals surface area (Å²) in [6, 6.07) is 4.06. The topological polar surface area (TPSA) is 17.8 Å². The second kappa shape index (κ2) is 2.80. The summed E-state index contributed by atoms with van der Waals surface area (Å²) in [6.07, 6.45) is 7.05. The smallest absolute Gasteiger partial charge is 0.142 e. The Kier molecular flexibility index (Phi) is 1.60. The molecule has 1 fully saturated rings. The zero-order chi connectivity index (χ0) is 9.54. The maximum Gasteiger partial charge on any atom is 0.142 e. The Morgan fingerprint density at radius 3 is 3.00 bits per heavy atom. The minimum atomic E-state index is -0.260. The first-order valence-electron chi connectivity index (χ1n) is 4.97. The largest absolute Gasteiger partial charge is 0.329 e. The maximum absolute atomic E-state index is 12.9. The van der Waals surface area contributed by atoms with Crippen molar-refractivity contribution in [1.29, 1.82) is 0 Å². The normalized spacial score (nSPS) is 17.2. The maximum atomic E-state index is 12.9. The van der Waals surface area contributed by atoms with Gasteiger partial charge in [0.2, 0.25) is 0 Å². The van der Waals surface area contributed by atoms with Crippen molar-refractivity contribution in [2.24, 2.45) is 0 Å². The lowest BCUT2D eigenvalue weighted by atomic mass is 9.93. The minimum Gasteiger partial charge on any atom is -0.329 e. The monoisotopic (exact) mass is 190 g/mol. The Labute approximate surface area is 81.4 Å². The summed E-state index contributed by atoms with van der Waals surface area (Å²) >= 11 is 0. The van der Waals surface area contributed by atoms with Crippen LogP contribution in [-0.4, -0.2) is 9.55 Å². The van der Waals surface area contributed by atoms with Crippen LogP contribution in [0.2, 0.25) is 0 Å². The number of hydrogen-bond acceptors (Lipinski definition) is 1. The summed E-state index contributed by atoms with van der Waals surface area (Å²) in [6.45, 7) is 0. The Hall–Kier alpha value is -1.38. The fraction of sp³-hybridized carbons (Fsp3) is 0.364. The molecule has 1 aliphatic carbocycles. The van der Waals surface area contributed by atoms with Gasteiger partial charge in [0.25, 0.3) is 0 Å². The summed E-state index contributed by atoms with van der Waals surface area (Å²) in [4.78, 5) is 4.13. The first-order chi connectivity index (χ1) is 6.84. The first-order valence-corrected chi connectivity index (χ1v) is 4.97. The van der Waals surface area contributed by atoms with Crippen LogP contribution in [0.1, 0.15) is 25.3 Å². The molecule has 3 rings (SSSR count). The van der Waals surface area contributed by atoms with Gasteiger partial charge in [0.05, 0.1) is 6.20 Å². The third kappa shape index (κ3) is 1.05. The fourth-order valence-electron chi connectivity index (χ4n) is 1.98. The lowest BCUT2D eigenvalue weighted by Crippen LogP contribution is -2.16. The van der Waals surface area contributed by atoms with Gasteiger partial charge in [-0.25, -0.2) is 9.37 Å². The predicted molar refractivity (Wildman–Crippen MR) is 52.6 cm³/mol. The van der Waals surface area contributed by atoms with Crippen molar-refractivity contribution in [2.75, 3.05) is 0 Å². The summed E-state index contributed by atoms with van der Waals surface area (Å²) in [5.74, 6) is -0.260. The molecule has 0 aliphatic heterocycles. The van der Waals surface area contributed by atoms with E-state index in [1.54, 1.807) is 0 Å². The molecule has 2 nitrogen and oxygen atoms in total. The molecule has 0 spiro atoms. The Bertz CT molecular complexity index is 471. The van der Waals surface area contributed by atoms with E-state index in [-0.39, 0.29) is 5.82 Å². The second-order valence-electron chi connectivity index (χ2n) is 3.87. The highest BCUT2D eigenvalue weighted by Crippen LogP contribution is 2.33. The van der Waals surface area contributed by atoms with E-state index in [1.807, 2.05) is 12.3 Å². The molecular weight excluding hydrogens is 179 g/mol. The molecule has 1 aliphatic rings.